The van der Waals surface area contributed by atoms with E-state index in [1.54, 1.807) is 13.8 Å². The van der Waals surface area contributed by atoms with Crippen molar-refractivity contribution in [3.63, 3.8) is 0 Å². The lowest BCUT2D eigenvalue weighted by molar-refractivity contribution is -0.0893. The van der Waals surface area contributed by atoms with Gasteiger partial charge in [0, 0.05) is 18.9 Å². The predicted molar refractivity (Wildman–Crippen MR) is 86.1 cm³/mol. The molecule has 1 fully saturated rings. The highest BCUT2D eigenvalue weighted by Crippen LogP contribution is 2.24. The van der Waals surface area contributed by atoms with Gasteiger partial charge in [0.2, 0.25) is 0 Å². The average Bonchev–Trinajstić information content (AvgIpc) is 3.04. The van der Waals surface area contributed by atoms with Crippen molar-refractivity contribution in [3.05, 3.63) is 12.4 Å². The average molecular weight is 293 g/mol. The van der Waals surface area contributed by atoms with Crippen LogP contribution in [0.1, 0.15) is 40.5 Å². The Kier molecular flexibility index (Phi) is 5.12. The summed E-state index contributed by atoms with van der Waals surface area (Å²) in [5.41, 5.74) is -0.419. The molecule has 6 heteroatoms. The Morgan fingerprint density at radius 3 is 2.52 bits per heavy atom. The summed E-state index contributed by atoms with van der Waals surface area (Å²) in [5.74, 6) is 0. The molecule has 0 aliphatic carbocycles. The largest absolute Gasteiger partial charge is 0.427 e. The van der Waals surface area contributed by atoms with Gasteiger partial charge in [-0.15, -0.1) is 0 Å². The minimum Gasteiger partial charge on any atom is -0.427 e. The number of likely N-dealkylation sites (tertiary alicyclic amines) is 1. The Labute approximate surface area is 128 Å². The number of rotatable bonds is 7. The van der Waals surface area contributed by atoms with Crippen molar-refractivity contribution in [2.75, 3.05) is 19.6 Å². The highest BCUT2D eigenvalue weighted by atomic mass is 16.5. The number of aromatic nitrogens is 2. The minimum atomic E-state index is -0.876. The highest BCUT2D eigenvalue weighted by Gasteiger charge is 2.35. The molecule has 0 spiro atoms. The van der Waals surface area contributed by atoms with Gasteiger partial charge in [0.1, 0.15) is 0 Å². The molecule has 1 aromatic heterocycles. The smallest absolute Gasteiger partial charge is 0.312 e. The third-order valence-electron chi connectivity index (χ3n) is 4.60. The quantitative estimate of drug-likeness (QED) is 0.745. The molecule has 21 heavy (non-hydrogen) atoms. The second-order valence-electron chi connectivity index (χ2n) is 7.02. The van der Waals surface area contributed by atoms with E-state index >= 15 is 0 Å². The molecule has 0 unspecified atom stereocenters. The molecule has 0 amide bonds. The van der Waals surface area contributed by atoms with Crippen LogP contribution in [0, 0.1) is 0 Å². The first-order valence-corrected chi connectivity index (χ1v) is 7.88. The van der Waals surface area contributed by atoms with Crippen LogP contribution >= 0.6 is 0 Å². The van der Waals surface area contributed by atoms with Gasteiger partial charge in [0.25, 0.3) is 0 Å². The number of aliphatic hydroxyl groups is 1. The second kappa shape index (κ2) is 6.50. The zero-order chi connectivity index (χ0) is 15.5. The summed E-state index contributed by atoms with van der Waals surface area (Å²) >= 11 is 0. The van der Waals surface area contributed by atoms with Gasteiger partial charge in [-0.3, -0.25) is 4.68 Å². The highest BCUT2D eigenvalue weighted by molar-refractivity contribution is 6.46. The van der Waals surface area contributed by atoms with Crippen LogP contribution in [-0.4, -0.2) is 58.1 Å². The van der Waals surface area contributed by atoms with Crippen molar-refractivity contribution in [2.45, 2.75) is 58.3 Å². The van der Waals surface area contributed by atoms with E-state index in [1.165, 1.54) is 25.9 Å². The number of hydrogen-bond acceptors (Lipinski definition) is 4. The van der Waals surface area contributed by atoms with Crippen LogP contribution in [0.5, 0.6) is 0 Å². The predicted octanol–water partition coefficient (Wildman–Crippen LogP) is 0.522. The minimum absolute atomic E-state index is 0.473. The molecule has 0 saturated carbocycles. The monoisotopic (exact) mass is 293 g/mol. The zero-order valence-electron chi connectivity index (χ0n) is 13.8. The van der Waals surface area contributed by atoms with Crippen LogP contribution < -0.4 is 5.46 Å². The van der Waals surface area contributed by atoms with E-state index in [0.29, 0.717) is 7.48 Å². The van der Waals surface area contributed by atoms with Gasteiger partial charge in [-0.25, -0.2) is 0 Å². The fraction of sp³-hybridized carbons (Fsp3) is 0.800. The third kappa shape index (κ3) is 4.56. The summed E-state index contributed by atoms with van der Waals surface area (Å²) in [7, 11) is 0.473. The number of nitrogens with zero attached hydrogens (tertiary/aromatic N) is 3. The van der Waals surface area contributed by atoms with Crippen LogP contribution in [0.3, 0.4) is 0 Å². The SMILES string of the molecule is CC(C)(O)C(C)(C)OBc1cnn(CCN2CCCC2)c1. The molecule has 1 saturated heterocycles. The van der Waals surface area contributed by atoms with E-state index in [2.05, 4.69) is 10.00 Å². The molecular weight excluding hydrogens is 265 g/mol. The first kappa shape index (κ1) is 16.5. The number of hydrogen-bond donors (Lipinski definition) is 1. The van der Waals surface area contributed by atoms with Gasteiger partial charge < -0.3 is 14.7 Å². The van der Waals surface area contributed by atoms with Gasteiger partial charge >= 0.3 is 7.48 Å². The van der Waals surface area contributed by atoms with E-state index in [1.807, 2.05) is 30.9 Å². The second-order valence-corrected chi connectivity index (χ2v) is 7.02. The van der Waals surface area contributed by atoms with E-state index < -0.39 is 11.2 Å². The Morgan fingerprint density at radius 1 is 1.24 bits per heavy atom. The molecular formula is C15H28BN3O2. The maximum absolute atomic E-state index is 10.1. The molecule has 0 atom stereocenters. The fourth-order valence-corrected chi connectivity index (χ4v) is 2.29. The zero-order valence-corrected chi connectivity index (χ0v) is 13.8. The molecule has 0 aromatic carbocycles. The van der Waals surface area contributed by atoms with Crippen molar-refractivity contribution in [3.8, 4) is 0 Å². The molecule has 0 radical (unpaired) electrons. The van der Waals surface area contributed by atoms with Crippen molar-refractivity contribution < 1.29 is 9.76 Å². The van der Waals surface area contributed by atoms with Crippen LogP contribution in [0.2, 0.25) is 0 Å². The van der Waals surface area contributed by atoms with Gasteiger partial charge in [-0.2, -0.15) is 5.10 Å². The Morgan fingerprint density at radius 2 is 1.90 bits per heavy atom. The maximum Gasteiger partial charge on any atom is 0.312 e. The van der Waals surface area contributed by atoms with Crippen molar-refractivity contribution in [1.82, 2.24) is 14.7 Å². The maximum atomic E-state index is 10.1. The molecule has 118 valence electrons. The summed E-state index contributed by atoms with van der Waals surface area (Å²) in [6.07, 6.45) is 6.54. The molecule has 1 aliphatic heterocycles. The third-order valence-corrected chi connectivity index (χ3v) is 4.60. The van der Waals surface area contributed by atoms with Gasteiger partial charge in [0.05, 0.1) is 17.7 Å². The van der Waals surface area contributed by atoms with Crippen LogP contribution in [0.15, 0.2) is 12.4 Å². The van der Waals surface area contributed by atoms with Crippen molar-refractivity contribution in [1.29, 1.82) is 0 Å². The summed E-state index contributed by atoms with van der Waals surface area (Å²) in [6, 6.07) is 0. The van der Waals surface area contributed by atoms with Gasteiger partial charge in [0.15, 0.2) is 0 Å². The Bertz CT molecular complexity index is 448. The van der Waals surface area contributed by atoms with Crippen molar-refractivity contribution in [2.24, 2.45) is 0 Å². The summed E-state index contributed by atoms with van der Waals surface area (Å²) in [5, 5.41) is 14.5. The molecule has 0 bridgehead atoms. The lowest BCUT2D eigenvalue weighted by atomic mass is 9.84. The van der Waals surface area contributed by atoms with Gasteiger partial charge in [-0.05, 0) is 59.1 Å². The Balaban J connectivity index is 1.80. The standard InChI is InChI=1S/C15H28BN3O2/c1-14(2,20)15(3,4)21-16-13-11-17-19(12-13)10-9-18-7-5-6-8-18/h11-12,16,20H,5-10H2,1-4H3. The molecule has 1 aliphatic rings. The summed E-state index contributed by atoms with van der Waals surface area (Å²) < 4.78 is 7.84. The molecule has 2 rings (SSSR count). The van der Waals surface area contributed by atoms with Crippen LogP contribution in [0.25, 0.3) is 0 Å². The Hall–Kier alpha value is -0.845. The van der Waals surface area contributed by atoms with Gasteiger partial charge in [-0.1, -0.05) is 0 Å². The molecule has 1 aromatic rings. The normalized spacial score (nSPS) is 17.4. The van der Waals surface area contributed by atoms with E-state index in [9.17, 15) is 5.11 Å². The first-order valence-electron chi connectivity index (χ1n) is 7.88. The van der Waals surface area contributed by atoms with E-state index in [0.717, 1.165) is 18.6 Å². The van der Waals surface area contributed by atoms with Crippen molar-refractivity contribution >= 4 is 12.9 Å². The van der Waals surface area contributed by atoms with E-state index in [4.69, 9.17) is 4.65 Å². The lowest BCUT2D eigenvalue weighted by Gasteiger charge is -2.37. The first-order chi connectivity index (χ1) is 9.78. The molecule has 5 nitrogen and oxygen atoms in total. The van der Waals surface area contributed by atoms with Crippen LogP contribution in [0.4, 0.5) is 0 Å². The lowest BCUT2D eigenvalue weighted by Crippen LogP contribution is -2.49. The summed E-state index contributed by atoms with van der Waals surface area (Å²) in [4.78, 5) is 2.48. The van der Waals surface area contributed by atoms with Crippen LogP contribution in [-0.2, 0) is 11.2 Å². The fourth-order valence-electron chi connectivity index (χ4n) is 2.29. The molecule has 2 heterocycles. The molecule has 1 N–H and O–H groups in total. The summed E-state index contributed by atoms with van der Waals surface area (Å²) in [6.45, 7) is 11.8. The van der Waals surface area contributed by atoms with E-state index in [-0.39, 0.29) is 0 Å². The topological polar surface area (TPSA) is 50.5 Å².